The molecule has 2 rings (SSSR count). The maximum absolute atomic E-state index is 13.3. The molecule has 1 amide bonds. The Labute approximate surface area is 207 Å². The van der Waals surface area contributed by atoms with Gasteiger partial charge in [-0.2, -0.15) is 9.63 Å². The zero-order chi connectivity index (χ0) is 23.4. The average molecular weight is 503 g/mol. The Kier molecular flexibility index (Phi) is 12.0. The van der Waals surface area contributed by atoms with E-state index in [-0.39, 0.29) is 10.7 Å². The largest absolute Gasteiger partial charge is 0.555 e. The molecule has 0 aromatic heterocycles. The van der Waals surface area contributed by atoms with E-state index in [0.717, 1.165) is 44.9 Å². The number of nitrogens with one attached hydrogen (secondary N) is 1. The van der Waals surface area contributed by atoms with Crippen LogP contribution in [0.4, 0.5) is 10.5 Å². The number of hydroxylamine groups is 3. The van der Waals surface area contributed by atoms with Gasteiger partial charge in [0, 0.05) is 31.0 Å². The summed E-state index contributed by atoms with van der Waals surface area (Å²) in [5.74, 6) is 0.429. The second-order valence-electron chi connectivity index (χ2n) is 8.23. The maximum atomic E-state index is 13.3. The molecular weight excluding hydrogens is 467 g/mol. The van der Waals surface area contributed by atoms with E-state index in [1.165, 1.54) is 6.42 Å². The number of ether oxygens (including phenoxy) is 1. The van der Waals surface area contributed by atoms with Gasteiger partial charge in [0.1, 0.15) is 30.3 Å². The molecule has 1 saturated carbocycles. The Hall–Kier alpha value is -1.18. The topological polar surface area (TPSA) is 47.6 Å². The first-order valence-corrected chi connectivity index (χ1v) is 12.7. The minimum Gasteiger partial charge on any atom is -0.378 e. The lowest BCUT2D eigenvalue weighted by atomic mass is 9.94. The number of benzene rings is 1. The van der Waals surface area contributed by atoms with Crippen molar-refractivity contribution in [2.24, 2.45) is 0 Å². The van der Waals surface area contributed by atoms with Crippen LogP contribution in [0.3, 0.4) is 0 Å². The third-order valence-corrected chi connectivity index (χ3v) is 6.20. The molecule has 1 aromatic carbocycles. The minimum absolute atomic E-state index is 0.0820. The molecule has 1 fully saturated rings. The van der Waals surface area contributed by atoms with Gasteiger partial charge in [0.05, 0.1) is 4.99 Å². The number of halogens is 2. The zero-order valence-electron chi connectivity index (χ0n) is 19.0. The highest BCUT2D eigenvalue weighted by Gasteiger charge is 2.45. The number of alkyl halides is 2. The highest BCUT2D eigenvalue weighted by Crippen LogP contribution is 2.30. The van der Waals surface area contributed by atoms with Crippen LogP contribution in [0.5, 0.6) is 5.75 Å². The lowest BCUT2D eigenvalue weighted by Gasteiger charge is -2.36. The van der Waals surface area contributed by atoms with Gasteiger partial charge in [-0.3, -0.25) is 0 Å². The number of allylic oxidation sites excluding steroid dienone is 1. The quantitative estimate of drug-likeness (QED) is 0.0844. The molecule has 0 spiro atoms. The van der Waals surface area contributed by atoms with Crippen molar-refractivity contribution in [1.29, 1.82) is 0 Å². The molecule has 8 heteroatoms. The predicted octanol–water partition coefficient (Wildman–Crippen LogP) is 7.58. The van der Waals surface area contributed by atoms with Gasteiger partial charge < -0.3 is 10.1 Å². The Morgan fingerprint density at radius 3 is 2.72 bits per heavy atom. The van der Waals surface area contributed by atoms with E-state index in [1.54, 1.807) is 18.2 Å². The summed E-state index contributed by atoms with van der Waals surface area (Å²) in [6, 6.07) is 7.20. The Balaban J connectivity index is 2.07. The van der Waals surface area contributed by atoms with E-state index >= 15 is 0 Å². The normalized spacial score (nSPS) is 16.8. The van der Waals surface area contributed by atoms with Crippen LogP contribution in [0.1, 0.15) is 64.7 Å². The number of quaternary nitrogens is 1. The van der Waals surface area contributed by atoms with Crippen LogP contribution in [0.2, 0.25) is 0 Å². The number of hydrogen-bond acceptors (Lipinski definition) is 4. The summed E-state index contributed by atoms with van der Waals surface area (Å²) < 4.78 is 5.59. The second kappa shape index (κ2) is 14.2. The van der Waals surface area contributed by atoms with Gasteiger partial charge in [-0.25, -0.2) is 0 Å². The van der Waals surface area contributed by atoms with Gasteiger partial charge in [-0.1, -0.05) is 61.3 Å². The van der Waals surface area contributed by atoms with Crippen LogP contribution in [0.25, 0.3) is 0 Å². The monoisotopic (exact) mass is 501 g/mol. The van der Waals surface area contributed by atoms with Crippen LogP contribution in [0.15, 0.2) is 36.4 Å². The Morgan fingerprint density at radius 2 is 2.03 bits per heavy atom. The molecular formula is C24H35Cl2N2O3S+. The Morgan fingerprint density at radius 1 is 1.28 bits per heavy atom. The van der Waals surface area contributed by atoms with Crippen LogP contribution in [-0.2, 0) is 4.84 Å². The Bertz CT molecular complexity index is 769. The number of thiocarbonyl (C=S) groups is 1. The molecule has 1 N–H and O–H groups in total. The number of carbonyl (C=O) groups excluding carboxylic acids is 1. The molecule has 1 unspecified atom stereocenters. The molecule has 1 aliphatic carbocycles. The molecule has 1 aliphatic rings. The van der Waals surface area contributed by atoms with Crippen molar-refractivity contribution in [2.45, 2.75) is 75.6 Å². The molecule has 178 valence electrons. The first kappa shape index (κ1) is 27.1. The van der Waals surface area contributed by atoms with E-state index in [0.29, 0.717) is 29.5 Å². The van der Waals surface area contributed by atoms with Crippen molar-refractivity contribution >= 4 is 52.2 Å². The minimum atomic E-state index is -0.572. The molecule has 0 bridgehead atoms. The summed E-state index contributed by atoms with van der Waals surface area (Å²) in [6.07, 6.45) is 12.6. The number of amides is 1. The summed E-state index contributed by atoms with van der Waals surface area (Å²) in [7, 11) is 1.82. The van der Waals surface area contributed by atoms with E-state index in [1.807, 2.05) is 19.2 Å². The molecule has 0 saturated heterocycles. The van der Waals surface area contributed by atoms with Crippen LogP contribution >= 0.6 is 35.4 Å². The molecule has 1 aromatic rings. The van der Waals surface area contributed by atoms with E-state index in [2.05, 4.69) is 18.3 Å². The van der Waals surface area contributed by atoms with Crippen molar-refractivity contribution in [3.63, 3.8) is 0 Å². The van der Waals surface area contributed by atoms with Gasteiger partial charge >= 0.3 is 6.09 Å². The molecule has 1 atom stereocenters. The second-order valence-corrected chi connectivity index (χ2v) is 10.0. The molecule has 0 radical (unpaired) electrons. The van der Waals surface area contributed by atoms with Crippen LogP contribution in [0, 0.1) is 0 Å². The molecule has 0 aliphatic heterocycles. The number of nitrogens with zero attached hydrogens (tertiary/aromatic N) is 1. The van der Waals surface area contributed by atoms with Gasteiger partial charge in [-0.15, -0.1) is 23.2 Å². The van der Waals surface area contributed by atoms with Crippen LogP contribution in [-0.4, -0.2) is 40.3 Å². The fourth-order valence-electron chi connectivity index (χ4n) is 3.77. The van der Waals surface area contributed by atoms with Gasteiger partial charge in [-0.05, 0) is 31.4 Å². The van der Waals surface area contributed by atoms with Crippen molar-refractivity contribution in [3.8, 4) is 5.75 Å². The third kappa shape index (κ3) is 8.99. The summed E-state index contributed by atoms with van der Waals surface area (Å²) in [5, 5.41) is 3.07. The summed E-state index contributed by atoms with van der Waals surface area (Å²) >= 11 is 16.8. The zero-order valence-corrected chi connectivity index (χ0v) is 21.4. The summed E-state index contributed by atoms with van der Waals surface area (Å²) in [4.78, 5) is 19.4. The van der Waals surface area contributed by atoms with Crippen LogP contribution < -0.4 is 10.1 Å². The summed E-state index contributed by atoms with van der Waals surface area (Å²) in [6.45, 7) is 2.54. The van der Waals surface area contributed by atoms with Crippen molar-refractivity contribution < 1.29 is 19.0 Å². The average Bonchev–Trinajstić information content (AvgIpc) is 2.76. The number of unbranched alkanes of at least 4 members (excludes halogenated alkanes) is 2. The molecule has 5 nitrogen and oxygen atoms in total. The van der Waals surface area contributed by atoms with Crippen molar-refractivity contribution in [3.05, 3.63) is 36.4 Å². The van der Waals surface area contributed by atoms with Gasteiger partial charge in [0.25, 0.3) is 0 Å². The number of rotatable bonds is 11. The lowest BCUT2D eigenvalue weighted by Crippen LogP contribution is -2.58. The predicted molar refractivity (Wildman–Crippen MR) is 136 cm³/mol. The summed E-state index contributed by atoms with van der Waals surface area (Å²) in [5.41, 5.74) is 0.709. The van der Waals surface area contributed by atoms with E-state index in [9.17, 15) is 4.79 Å². The number of carbonyl (C=O) groups is 1. The van der Waals surface area contributed by atoms with Crippen molar-refractivity contribution in [2.75, 3.05) is 19.0 Å². The fourth-order valence-corrected chi connectivity index (χ4v) is 4.54. The van der Waals surface area contributed by atoms with Crippen molar-refractivity contribution in [1.82, 2.24) is 0 Å². The third-order valence-electron chi connectivity index (χ3n) is 5.63. The SMILES string of the molecule is CCCCC=CCO[N+](C)(C(=O)Oc1cccc(NC(=S)CC(Cl)Cl)c1)C1CCCCC1. The lowest BCUT2D eigenvalue weighted by molar-refractivity contribution is -1.05. The maximum Gasteiger partial charge on any atom is 0.555 e. The van der Waals surface area contributed by atoms with E-state index in [4.69, 9.17) is 45.0 Å². The van der Waals surface area contributed by atoms with E-state index < -0.39 is 10.9 Å². The molecule has 32 heavy (non-hydrogen) atoms. The highest BCUT2D eigenvalue weighted by atomic mass is 35.5. The number of anilines is 1. The first-order chi connectivity index (χ1) is 15.3. The fraction of sp³-hybridized carbons (Fsp3) is 0.583. The molecule has 0 heterocycles. The van der Waals surface area contributed by atoms with Gasteiger partial charge in [0.2, 0.25) is 0 Å². The first-order valence-electron chi connectivity index (χ1n) is 11.4. The van der Waals surface area contributed by atoms with Gasteiger partial charge in [0.15, 0.2) is 0 Å². The highest BCUT2D eigenvalue weighted by molar-refractivity contribution is 7.80. The number of hydrogen-bond donors (Lipinski definition) is 1. The smallest absolute Gasteiger partial charge is 0.378 e. The standard InChI is InChI=1S/C24H34Cl2N2O3S/c1-3-4-5-6-10-16-30-28(2,20-13-8-7-9-14-20)24(29)31-21-15-11-12-19(17-21)27-23(32)18-22(25)26/h6,10-12,15,17,20,22H,3-5,7-9,13-14,16,18H2,1-2H3/p+1.